The summed E-state index contributed by atoms with van der Waals surface area (Å²) in [6, 6.07) is 11.2. The van der Waals surface area contributed by atoms with Crippen molar-refractivity contribution in [3.05, 3.63) is 41.5 Å². The second-order valence-corrected chi connectivity index (χ2v) is 3.75. The molecule has 1 aromatic carbocycles. The predicted molar refractivity (Wildman–Crippen MR) is 69.4 cm³/mol. The van der Waals surface area contributed by atoms with Gasteiger partial charge in [-0.1, -0.05) is 46.3 Å². The minimum absolute atomic E-state index is 0.0509. The molecule has 1 rings (SSSR count). The van der Waals surface area contributed by atoms with E-state index in [-0.39, 0.29) is 12.2 Å². The summed E-state index contributed by atoms with van der Waals surface area (Å²) < 4.78 is 4.86. The maximum atomic E-state index is 11.6. The van der Waals surface area contributed by atoms with Crippen LogP contribution in [0.25, 0.3) is 5.57 Å². The second kappa shape index (κ2) is 6.87. The van der Waals surface area contributed by atoms with E-state index in [1.54, 1.807) is 6.92 Å². The number of rotatable bonds is 4. The van der Waals surface area contributed by atoms with Crippen molar-refractivity contribution < 1.29 is 9.53 Å². The van der Waals surface area contributed by atoms with Crippen LogP contribution in [0.4, 0.5) is 0 Å². The fourth-order valence-electron chi connectivity index (χ4n) is 1.37. The molecule has 0 bridgehead atoms. The molecule has 0 aliphatic carbocycles. The molecule has 0 spiro atoms. The van der Waals surface area contributed by atoms with E-state index in [9.17, 15) is 4.79 Å². The maximum absolute atomic E-state index is 11.6. The van der Waals surface area contributed by atoms with Crippen molar-refractivity contribution in [3.8, 4) is 6.07 Å². The number of alkyl halides is 1. The first-order chi connectivity index (χ1) is 8.24. The molecule has 0 amide bonds. The first-order valence-electron chi connectivity index (χ1n) is 5.16. The summed E-state index contributed by atoms with van der Waals surface area (Å²) in [5, 5.41) is 9.49. The Bertz CT molecular complexity index is 460. The van der Waals surface area contributed by atoms with Crippen LogP contribution < -0.4 is 0 Å². The zero-order valence-electron chi connectivity index (χ0n) is 9.44. The Morgan fingerprint density at radius 1 is 1.41 bits per heavy atom. The first kappa shape index (κ1) is 13.5. The lowest BCUT2D eigenvalue weighted by Gasteiger charge is -2.07. The summed E-state index contributed by atoms with van der Waals surface area (Å²) in [4.78, 5) is 11.6. The van der Waals surface area contributed by atoms with E-state index in [4.69, 9.17) is 10.00 Å². The summed E-state index contributed by atoms with van der Waals surface area (Å²) in [5.41, 5.74) is 1.54. The molecule has 3 nitrogen and oxygen atoms in total. The van der Waals surface area contributed by atoms with Crippen LogP contribution in [0.3, 0.4) is 0 Å². The van der Waals surface area contributed by atoms with Gasteiger partial charge in [0.2, 0.25) is 0 Å². The number of hydrogen-bond acceptors (Lipinski definition) is 3. The highest BCUT2D eigenvalue weighted by Crippen LogP contribution is 2.21. The molecule has 0 atom stereocenters. The standard InChI is InChI=1S/C13H12BrNO2/c1-2-17-13(16)12(9-15)11(8-14)10-6-4-3-5-7-10/h3-7H,2,8H2,1H3/b12-11-. The van der Waals surface area contributed by atoms with E-state index in [1.807, 2.05) is 36.4 Å². The Kier molecular flexibility index (Phi) is 5.44. The third-order valence-corrected chi connectivity index (χ3v) is 2.71. The number of allylic oxidation sites excluding steroid dienone is 1. The van der Waals surface area contributed by atoms with E-state index in [2.05, 4.69) is 15.9 Å². The molecule has 4 heteroatoms. The maximum Gasteiger partial charge on any atom is 0.349 e. The topological polar surface area (TPSA) is 50.1 Å². The SMILES string of the molecule is CCOC(=O)/C(C#N)=C(/CBr)c1ccccc1. The van der Waals surface area contributed by atoms with Crippen molar-refractivity contribution in [2.75, 3.05) is 11.9 Å². The number of nitriles is 1. The molecule has 0 heterocycles. The zero-order valence-corrected chi connectivity index (χ0v) is 11.0. The molecule has 1 aromatic rings. The quantitative estimate of drug-likeness (QED) is 0.371. The zero-order chi connectivity index (χ0) is 12.7. The number of nitrogens with zero attached hydrogens (tertiary/aromatic N) is 1. The van der Waals surface area contributed by atoms with Crippen molar-refractivity contribution in [1.29, 1.82) is 5.26 Å². The van der Waals surface area contributed by atoms with Crippen LogP contribution in [-0.2, 0) is 9.53 Å². The van der Waals surface area contributed by atoms with Gasteiger partial charge in [-0.05, 0) is 18.1 Å². The van der Waals surface area contributed by atoms with Gasteiger partial charge in [-0.25, -0.2) is 4.79 Å². The van der Waals surface area contributed by atoms with Crippen LogP contribution in [0, 0.1) is 11.3 Å². The van der Waals surface area contributed by atoms with Gasteiger partial charge >= 0.3 is 5.97 Å². The monoisotopic (exact) mass is 293 g/mol. The molecule has 0 unspecified atom stereocenters. The summed E-state index contributed by atoms with van der Waals surface area (Å²) in [6.07, 6.45) is 0. The van der Waals surface area contributed by atoms with Gasteiger partial charge in [0.05, 0.1) is 6.61 Å². The van der Waals surface area contributed by atoms with E-state index in [1.165, 1.54) is 0 Å². The van der Waals surface area contributed by atoms with Crippen LogP contribution in [0.15, 0.2) is 35.9 Å². The molecule has 0 aliphatic heterocycles. The fourth-order valence-corrected chi connectivity index (χ4v) is 1.97. The molecule has 0 radical (unpaired) electrons. The van der Waals surface area contributed by atoms with E-state index < -0.39 is 5.97 Å². The van der Waals surface area contributed by atoms with E-state index in [0.717, 1.165) is 5.56 Å². The third kappa shape index (κ3) is 3.43. The smallest absolute Gasteiger partial charge is 0.349 e. The molecule has 0 saturated heterocycles. The number of carbonyl (C=O) groups is 1. The Labute approximate surface area is 109 Å². The van der Waals surface area contributed by atoms with Crippen LogP contribution in [0.2, 0.25) is 0 Å². The number of esters is 1. The molecule has 0 saturated carbocycles. The van der Waals surface area contributed by atoms with Crippen LogP contribution >= 0.6 is 15.9 Å². The molecule has 17 heavy (non-hydrogen) atoms. The molecule has 0 aliphatic rings. The Morgan fingerprint density at radius 3 is 2.53 bits per heavy atom. The first-order valence-corrected chi connectivity index (χ1v) is 6.28. The highest BCUT2D eigenvalue weighted by Gasteiger charge is 2.16. The molecular formula is C13H12BrNO2. The number of benzene rings is 1. The van der Waals surface area contributed by atoms with Crippen LogP contribution in [-0.4, -0.2) is 17.9 Å². The van der Waals surface area contributed by atoms with Crippen molar-refractivity contribution >= 4 is 27.5 Å². The van der Waals surface area contributed by atoms with Gasteiger partial charge in [0.15, 0.2) is 0 Å². The van der Waals surface area contributed by atoms with E-state index in [0.29, 0.717) is 10.9 Å². The largest absolute Gasteiger partial charge is 0.462 e. The van der Waals surface area contributed by atoms with Gasteiger partial charge in [-0.3, -0.25) is 0 Å². The minimum atomic E-state index is -0.576. The minimum Gasteiger partial charge on any atom is -0.462 e. The Hall–Kier alpha value is -1.60. The van der Waals surface area contributed by atoms with Gasteiger partial charge in [0.25, 0.3) is 0 Å². The summed E-state index contributed by atoms with van der Waals surface area (Å²) in [5.74, 6) is -0.576. The van der Waals surface area contributed by atoms with Crippen molar-refractivity contribution in [1.82, 2.24) is 0 Å². The molecule has 88 valence electrons. The van der Waals surface area contributed by atoms with Gasteiger partial charge in [-0.15, -0.1) is 0 Å². The Morgan fingerprint density at radius 2 is 2.06 bits per heavy atom. The van der Waals surface area contributed by atoms with Crippen molar-refractivity contribution in [2.24, 2.45) is 0 Å². The average Bonchev–Trinajstić information content (AvgIpc) is 2.37. The van der Waals surface area contributed by atoms with Crippen molar-refractivity contribution in [3.63, 3.8) is 0 Å². The number of ether oxygens (including phenoxy) is 1. The lowest BCUT2D eigenvalue weighted by Crippen LogP contribution is -2.09. The normalized spacial score (nSPS) is 11.4. The van der Waals surface area contributed by atoms with Gasteiger partial charge in [0, 0.05) is 5.33 Å². The average molecular weight is 294 g/mol. The summed E-state index contributed by atoms with van der Waals surface area (Å²) in [7, 11) is 0. The molecule has 0 aromatic heterocycles. The second-order valence-electron chi connectivity index (χ2n) is 3.19. The highest BCUT2D eigenvalue weighted by atomic mass is 79.9. The summed E-state index contributed by atoms with van der Waals surface area (Å²) >= 11 is 3.30. The number of carbonyl (C=O) groups excluding carboxylic acids is 1. The van der Waals surface area contributed by atoms with E-state index >= 15 is 0 Å². The third-order valence-electron chi connectivity index (χ3n) is 2.15. The fraction of sp³-hybridized carbons (Fsp3) is 0.231. The van der Waals surface area contributed by atoms with Gasteiger partial charge in [0.1, 0.15) is 11.6 Å². The van der Waals surface area contributed by atoms with Gasteiger partial charge < -0.3 is 4.74 Å². The van der Waals surface area contributed by atoms with Crippen molar-refractivity contribution in [2.45, 2.75) is 6.92 Å². The lowest BCUT2D eigenvalue weighted by molar-refractivity contribution is -0.137. The lowest BCUT2D eigenvalue weighted by atomic mass is 10.0. The van der Waals surface area contributed by atoms with Gasteiger partial charge in [-0.2, -0.15) is 5.26 Å². The number of halogens is 1. The molecular weight excluding hydrogens is 282 g/mol. The number of hydrogen-bond donors (Lipinski definition) is 0. The Balaban J connectivity index is 3.21. The van der Waals surface area contributed by atoms with Crippen LogP contribution in [0.1, 0.15) is 12.5 Å². The summed E-state index contributed by atoms with van der Waals surface area (Å²) in [6.45, 7) is 1.97. The highest BCUT2D eigenvalue weighted by molar-refractivity contribution is 9.09. The molecule has 0 fully saturated rings. The predicted octanol–water partition coefficient (Wildman–Crippen LogP) is 2.92. The molecule has 0 N–H and O–H groups in total. The van der Waals surface area contributed by atoms with Crippen LogP contribution in [0.5, 0.6) is 0 Å².